The molecule has 4 nitrogen and oxygen atoms in total. The lowest BCUT2D eigenvalue weighted by atomic mass is 9.98. The van der Waals surface area contributed by atoms with Gasteiger partial charge in [0.05, 0.1) is 16.9 Å². The molecule has 0 spiro atoms. The van der Waals surface area contributed by atoms with Crippen molar-refractivity contribution in [1.29, 1.82) is 0 Å². The Morgan fingerprint density at radius 3 is 2.32 bits per heavy atom. The lowest BCUT2D eigenvalue weighted by Gasteiger charge is -2.18. The highest BCUT2D eigenvalue weighted by atomic mass is 16.3. The fourth-order valence-electron chi connectivity index (χ4n) is 1.91. The predicted octanol–water partition coefficient (Wildman–Crippen LogP) is 1.98. The van der Waals surface area contributed by atoms with Crippen LogP contribution < -0.4 is 5.56 Å². The second kappa shape index (κ2) is 4.63. The Morgan fingerprint density at radius 1 is 1.21 bits per heavy atom. The van der Waals surface area contributed by atoms with Crippen molar-refractivity contribution in [2.75, 3.05) is 0 Å². The van der Waals surface area contributed by atoms with E-state index in [-0.39, 0.29) is 5.56 Å². The normalized spacial score (nSPS) is 11.6. The SMILES string of the molecule is Cc1ccc(-c2cc(C(C)(C)O)c(=O)n(C)n2)cc1. The first-order chi connectivity index (χ1) is 8.79. The highest BCUT2D eigenvalue weighted by Crippen LogP contribution is 2.22. The topological polar surface area (TPSA) is 55.1 Å². The van der Waals surface area contributed by atoms with Crippen molar-refractivity contribution in [3.63, 3.8) is 0 Å². The average molecular weight is 258 g/mol. The summed E-state index contributed by atoms with van der Waals surface area (Å²) in [5, 5.41) is 14.3. The number of aliphatic hydroxyl groups is 1. The maximum atomic E-state index is 12.0. The molecule has 1 N–H and O–H groups in total. The molecule has 0 aliphatic carbocycles. The number of hydrogen-bond acceptors (Lipinski definition) is 3. The lowest BCUT2D eigenvalue weighted by molar-refractivity contribution is 0.0763. The van der Waals surface area contributed by atoms with Crippen LogP contribution in [0.1, 0.15) is 25.0 Å². The number of hydrogen-bond donors (Lipinski definition) is 1. The van der Waals surface area contributed by atoms with Crippen LogP contribution in [0.4, 0.5) is 0 Å². The zero-order chi connectivity index (χ0) is 14.2. The van der Waals surface area contributed by atoms with Gasteiger partial charge in [0.2, 0.25) is 0 Å². The zero-order valence-electron chi connectivity index (χ0n) is 11.6. The molecule has 0 saturated carbocycles. The van der Waals surface area contributed by atoms with Crippen LogP contribution in [0.2, 0.25) is 0 Å². The third-order valence-electron chi connectivity index (χ3n) is 3.07. The van der Waals surface area contributed by atoms with E-state index in [4.69, 9.17) is 0 Å². The van der Waals surface area contributed by atoms with Crippen LogP contribution >= 0.6 is 0 Å². The molecule has 0 radical (unpaired) electrons. The lowest BCUT2D eigenvalue weighted by Crippen LogP contribution is -2.32. The Morgan fingerprint density at radius 2 is 1.79 bits per heavy atom. The molecule has 100 valence electrons. The molecule has 0 unspecified atom stereocenters. The Labute approximate surface area is 112 Å². The maximum Gasteiger partial charge on any atom is 0.272 e. The predicted molar refractivity (Wildman–Crippen MR) is 74.9 cm³/mol. The monoisotopic (exact) mass is 258 g/mol. The van der Waals surface area contributed by atoms with E-state index in [1.54, 1.807) is 27.0 Å². The molecule has 0 saturated heterocycles. The summed E-state index contributed by atoms with van der Waals surface area (Å²) in [5.41, 5.74) is 1.66. The van der Waals surface area contributed by atoms with Gasteiger partial charge >= 0.3 is 0 Å². The van der Waals surface area contributed by atoms with Gasteiger partial charge in [0.1, 0.15) is 0 Å². The molecule has 2 rings (SSSR count). The molecule has 0 amide bonds. The van der Waals surface area contributed by atoms with Crippen LogP contribution in [0.3, 0.4) is 0 Å². The highest BCUT2D eigenvalue weighted by molar-refractivity contribution is 5.59. The summed E-state index contributed by atoms with van der Waals surface area (Å²) < 4.78 is 1.27. The number of rotatable bonds is 2. The van der Waals surface area contributed by atoms with Crippen molar-refractivity contribution in [1.82, 2.24) is 9.78 Å². The van der Waals surface area contributed by atoms with E-state index in [0.29, 0.717) is 11.3 Å². The Bertz CT molecular complexity index is 649. The Balaban J connectivity index is 2.63. The summed E-state index contributed by atoms with van der Waals surface area (Å²) in [7, 11) is 1.59. The van der Waals surface area contributed by atoms with Crippen LogP contribution in [-0.2, 0) is 12.6 Å². The summed E-state index contributed by atoms with van der Waals surface area (Å²) in [6.45, 7) is 5.21. The van der Waals surface area contributed by atoms with Crippen LogP contribution in [0, 0.1) is 6.92 Å². The van der Waals surface area contributed by atoms with Gasteiger partial charge in [-0.2, -0.15) is 5.10 Å². The van der Waals surface area contributed by atoms with Crippen LogP contribution in [0.5, 0.6) is 0 Å². The first-order valence-electron chi connectivity index (χ1n) is 6.17. The fraction of sp³-hybridized carbons (Fsp3) is 0.333. The number of aryl methyl sites for hydroxylation is 2. The molecule has 19 heavy (non-hydrogen) atoms. The van der Waals surface area contributed by atoms with Gasteiger partial charge < -0.3 is 5.11 Å². The van der Waals surface area contributed by atoms with Crippen molar-refractivity contribution < 1.29 is 5.11 Å². The number of nitrogens with zero attached hydrogens (tertiary/aromatic N) is 2. The van der Waals surface area contributed by atoms with E-state index >= 15 is 0 Å². The molecule has 0 aliphatic heterocycles. The van der Waals surface area contributed by atoms with E-state index in [0.717, 1.165) is 11.1 Å². The zero-order valence-corrected chi connectivity index (χ0v) is 11.6. The van der Waals surface area contributed by atoms with Gasteiger partial charge in [-0.05, 0) is 26.8 Å². The molecule has 1 aromatic carbocycles. The maximum absolute atomic E-state index is 12.0. The van der Waals surface area contributed by atoms with Gasteiger partial charge in [0, 0.05) is 12.6 Å². The smallest absolute Gasteiger partial charge is 0.272 e. The molecular formula is C15H18N2O2. The first-order valence-corrected chi connectivity index (χ1v) is 6.17. The summed E-state index contributed by atoms with van der Waals surface area (Å²) in [5.74, 6) is 0. The largest absolute Gasteiger partial charge is 0.386 e. The third-order valence-corrected chi connectivity index (χ3v) is 3.07. The van der Waals surface area contributed by atoms with Crippen LogP contribution in [0.25, 0.3) is 11.3 Å². The van der Waals surface area contributed by atoms with E-state index in [1.165, 1.54) is 4.68 Å². The van der Waals surface area contributed by atoms with Gasteiger partial charge in [0.15, 0.2) is 0 Å². The fourth-order valence-corrected chi connectivity index (χ4v) is 1.91. The van der Waals surface area contributed by atoms with E-state index in [9.17, 15) is 9.90 Å². The van der Waals surface area contributed by atoms with Gasteiger partial charge in [-0.25, -0.2) is 4.68 Å². The summed E-state index contributed by atoms with van der Waals surface area (Å²) in [4.78, 5) is 12.0. The molecule has 1 aromatic heterocycles. The molecule has 0 aliphatic rings. The average Bonchev–Trinajstić information content (AvgIpc) is 2.32. The summed E-state index contributed by atoms with van der Waals surface area (Å²) >= 11 is 0. The van der Waals surface area contributed by atoms with Crippen LogP contribution in [-0.4, -0.2) is 14.9 Å². The van der Waals surface area contributed by atoms with Crippen LogP contribution in [0.15, 0.2) is 35.1 Å². The summed E-state index contributed by atoms with van der Waals surface area (Å²) in [6, 6.07) is 9.55. The van der Waals surface area contributed by atoms with E-state index in [1.807, 2.05) is 31.2 Å². The first kappa shape index (κ1) is 13.5. The molecule has 1 heterocycles. The van der Waals surface area contributed by atoms with Crippen molar-refractivity contribution >= 4 is 0 Å². The second-order valence-electron chi connectivity index (χ2n) is 5.30. The van der Waals surface area contributed by atoms with Crippen molar-refractivity contribution in [2.45, 2.75) is 26.4 Å². The quantitative estimate of drug-likeness (QED) is 0.896. The minimum Gasteiger partial charge on any atom is -0.386 e. The minimum atomic E-state index is -1.18. The van der Waals surface area contributed by atoms with Gasteiger partial charge in [0.25, 0.3) is 5.56 Å². The Kier molecular flexibility index (Phi) is 3.28. The summed E-state index contributed by atoms with van der Waals surface area (Å²) in [6.07, 6.45) is 0. The minimum absolute atomic E-state index is 0.275. The van der Waals surface area contributed by atoms with Gasteiger partial charge in [-0.3, -0.25) is 4.79 Å². The van der Waals surface area contributed by atoms with Crippen molar-refractivity contribution in [2.24, 2.45) is 7.05 Å². The number of aromatic nitrogens is 2. The third kappa shape index (κ3) is 2.74. The van der Waals surface area contributed by atoms with E-state index < -0.39 is 5.60 Å². The molecular weight excluding hydrogens is 240 g/mol. The molecule has 0 bridgehead atoms. The standard InChI is InChI=1S/C15H18N2O2/c1-10-5-7-11(8-6-10)13-9-12(15(2,3)19)14(18)17(4)16-13/h5-9,19H,1-4H3. The van der Waals surface area contributed by atoms with Gasteiger partial charge in [-0.1, -0.05) is 29.8 Å². The van der Waals surface area contributed by atoms with E-state index in [2.05, 4.69) is 5.10 Å². The number of benzene rings is 1. The second-order valence-corrected chi connectivity index (χ2v) is 5.30. The molecule has 4 heteroatoms. The molecule has 2 aromatic rings. The Hall–Kier alpha value is -1.94. The van der Waals surface area contributed by atoms with Crippen molar-refractivity contribution in [3.05, 3.63) is 51.8 Å². The molecule has 0 atom stereocenters. The van der Waals surface area contributed by atoms with Crippen molar-refractivity contribution in [3.8, 4) is 11.3 Å². The highest BCUT2D eigenvalue weighted by Gasteiger charge is 2.22. The molecule has 0 fully saturated rings. The van der Waals surface area contributed by atoms with Gasteiger partial charge in [-0.15, -0.1) is 0 Å².